The molecule has 2 amide bonds. The molecular weight excluding hydrogens is 400 g/mol. The quantitative estimate of drug-likeness (QED) is 0.349. The summed E-state index contributed by atoms with van der Waals surface area (Å²) < 4.78 is 4.81. The second kappa shape index (κ2) is 12.1. The predicted octanol–water partition coefficient (Wildman–Crippen LogP) is 1.46. The van der Waals surface area contributed by atoms with E-state index >= 15 is 0 Å². The van der Waals surface area contributed by atoms with Gasteiger partial charge < -0.3 is 20.5 Å². The summed E-state index contributed by atoms with van der Waals surface area (Å²) in [6.07, 6.45) is 0.842. The fraction of sp³-hybridized carbons (Fsp3) is 0.304. The molecular formula is C23H26N2O6. The number of aliphatic carboxylic acids is 1. The maximum Gasteiger partial charge on any atom is 0.328 e. The van der Waals surface area contributed by atoms with Gasteiger partial charge in [-0.2, -0.15) is 0 Å². The van der Waals surface area contributed by atoms with Crippen molar-refractivity contribution in [2.45, 2.75) is 37.8 Å². The van der Waals surface area contributed by atoms with Gasteiger partial charge in [0.05, 0.1) is 7.11 Å². The summed E-state index contributed by atoms with van der Waals surface area (Å²) in [4.78, 5) is 46.4. The summed E-state index contributed by atoms with van der Waals surface area (Å²) >= 11 is 0. The van der Waals surface area contributed by atoms with Gasteiger partial charge in [0.25, 0.3) is 0 Å². The molecule has 0 fully saturated rings. The number of carboxylic acids is 1. The van der Waals surface area contributed by atoms with Crippen molar-refractivity contribution >= 4 is 24.3 Å². The molecule has 0 aromatic heterocycles. The number of hydrogen-bond donors (Lipinski definition) is 3. The third-order valence-corrected chi connectivity index (χ3v) is 4.72. The van der Waals surface area contributed by atoms with Crippen molar-refractivity contribution < 1.29 is 29.0 Å². The maximum absolute atomic E-state index is 12.5. The fourth-order valence-corrected chi connectivity index (χ4v) is 3.18. The molecule has 0 spiro atoms. The zero-order valence-corrected chi connectivity index (χ0v) is 17.2. The van der Waals surface area contributed by atoms with E-state index < -0.39 is 29.9 Å². The van der Waals surface area contributed by atoms with E-state index in [1.807, 2.05) is 54.6 Å². The highest BCUT2D eigenvalue weighted by Gasteiger charge is 2.26. The monoisotopic (exact) mass is 426 g/mol. The molecule has 0 heterocycles. The lowest BCUT2D eigenvalue weighted by Crippen LogP contribution is -2.51. The van der Waals surface area contributed by atoms with Crippen molar-refractivity contribution in [3.63, 3.8) is 0 Å². The van der Waals surface area contributed by atoms with Crippen molar-refractivity contribution in [3.8, 4) is 0 Å². The van der Waals surface area contributed by atoms with Crippen LogP contribution in [0, 0.1) is 0 Å². The predicted molar refractivity (Wildman–Crippen MR) is 113 cm³/mol. The van der Waals surface area contributed by atoms with Crippen molar-refractivity contribution in [2.24, 2.45) is 0 Å². The molecule has 0 saturated carbocycles. The number of hydrogen-bond acceptors (Lipinski definition) is 5. The Labute approximate surface area is 180 Å². The summed E-state index contributed by atoms with van der Waals surface area (Å²) in [5, 5.41) is 13.7. The van der Waals surface area contributed by atoms with E-state index in [4.69, 9.17) is 9.84 Å². The second-order valence-electron chi connectivity index (χ2n) is 7.04. The van der Waals surface area contributed by atoms with Crippen LogP contribution in [0.25, 0.3) is 0 Å². The van der Waals surface area contributed by atoms with Crippen LogP contribution in [-0.4, -0.2) is 48.6 Å². The fourth-order valence-electron chi connectivity index (χ4n) is 3.18. The van der Waals surface area contributed by atoms with E-state index in [-0.39, 0.29) is 19.3 Å². The maximum atomic E-state index is 12.5. The van der Waals surface area contributed by atoms with Gasteiger partial charge in [-0.05, 0) is 29.5 Å². The normalized spacial score (nSPS) is 12.3. The third kappa shape index (κ3) is 7.93. The largest absolute Gasteiger partial charge is 0.481 e. The first kappa shape index (κ1) is 23.6. The lowest BCUT2D eigenvalue weighted by atomic mass is 9.99. The van der Waals surface area contributed by atoms with Crippen molar-refractivity contribution in [1.29, 1.82) is 0 Å². The number of amides is 2. The van der Waals surface area contributed by atoms with Crippen molar-refractivity contribution in [3.05, 3.63) is 71.3 Å². The SMILES string of the molecule is COC(=O)[C@H](Cc1cccc(Cc2ccccc2)c1)NC(=O)[C@H](CCC(=O)O)NC=O. The Hall–Kier alpha value is -3.68. The van der Waals surface area contributed by atoms with Gasteiger partial charge in [-0.25, -0.2) is 4.79 Å². The van der Waals surface area contributed by atoms with Crippen LogP contribution in [-0.2, 0) is 36.8 Å². The average Bonchev–Trinajstić information content (AvgIpc) is 2.76. The van der Waals surface area contributed by atoms with Crippen LogP contribution < -0.4 is 10.6 Å². The van der Waals surface area contributed by atoms with Gasteiger partial charge in [-0.3, -0.25) is 14.4 Å². The number of carbonyl (C=O) groups is 4. The third-order valence-electron chi connectivity index (χ3n) is 4.72. The number of benzene rings is 2. The smallest absolute Gasteiger partial charge is 0.328 e. The van der Waals surface area contributed by atoms with Gasteiger partial charge in [-0.1, -0.05) is 54.6 Å². The van der Waals surface area contributed by atoms with Gasteiger partial charge in [0.15, 0.2) is 0 Å². The van der Waals surface area contributed by atoms with E-state index in [0.29, 0.717) is 6.41 Å². The summed E-state index contributed by atoms with van der Waals surface area (Å²) in [6, 6.07) is 15.6. The minimum absolute atomic E-state index is 0.0969. The lowest BCUT2D eigenvalue weighted by molar-refractivity contribution is -0.145. The van der Waals surface area contributed by atoms with E-state index in [0.717, 1.165) is 23.1 Å². The van der Waals surface area contributed by atoms with Crippen LogP contribution >= 0.6 is 0 Å². The molecule has 0 aliphatic carbocycles. The Morgan fingerprint density at radius 1 is 1.00 bits per heavy atom. The number of nitrogens with one attached hydrogen (secondary N) is 2. The Morgan fingerprint density at radius 2 is 1.68 bits per heavy atom. The molecule has 0 aliphatic heterocycles. The van der Waals surface area contributed by atoms with Crippen LogP contribution in [0.1, 0.15) is 29.5 Å². The van der Waals surface area contributed by atoms with E-state index in [2.05, 4.69) is 10.6 Å². The summed E-state index contributed by atoms with van der Waals surface area (Å²) in [6.45, 7) is 0. The molecule has 0 unspecified atom stereocenters. The molecule has 31 heavy (non-hydrogen) atoms. The van der Waals surface area contributed by atoms with Gasteiger partial charge in [-0.15, -0.1) is 0 Å². The molecule has 8 nitrogen and oxygen atoms in total. The Balaban J connectivity index is 2.11. The van der Waals surface area contributed by atoms with Crippen molar-refractivity contribution in [2.75, 3.05) is 7.11 Å². The van der Waals surface area contributed by atoms with E-state index in [1.165, 1.54) is 7.11 Å². The Bertz CT molecular complexity index is 900. The average molecular weight is 426 g/mol. The molecule has 0 saturated heterocycles. The molecule has 0 radical (unpaired) electrons. The topological polar surface area (TPSA) is 122 Å². The van der Waals surface area contributed by atoms with Crippen LogP contribution in [0.15, 0.2) is 54.6 Å². The molecule has 2 aromatic carbocycles. The van der Waals surface area contributed by atoms with Crippen molar-refractivity contribution in [1.82, 2.24) is 10.6 Å². The molecule has 0 bridgehead atoms. The number of methoxy groups -OCH3 is 1. The van der Waals surface area contributed by atoms with Gasteiger partial charge in [0, 0.05) is 12.8 Å². The highest BCUT2D eigenvalue weighted by atomic mass is 16.5. The lowest BCUT2D eigenvalue weighted by Gasteiger charge is -2.21. The van der Waals surface area contributed by atoms with Gasteiger partial charge in [0.1, 0.15) is 12.1 Å². The van der Waals surface area contributed by atoms with E-state index in [9.17, 15) is 19.2 Å². The molecule has 2 rings (SSSR count). The summed E-state index contributed by atoms with van der Waals surface area (Å²) in [7, 11) is 1.22. The zero-order chi connectivity index (χ0) is 22.6. The molecule has 2 atom stereocenters. The second-order valence-corrected chi connectivity index (χ2v) is 7.04. The van der Waals surface area contributed by atoms with Crippen LogP contribution in [0.4, 0.5) is 0 Å². The van der Waals surface area contributed by atoms with Crippen LogP contribution in [0.3, 0.4) is 0 Å². The highest BCUT2D eigenvalue weighted by molar-refractivity contribution is 5.89. The zero-order valence-electron chi connectivity index (χ0n) is 17.2. The first-order chi connectivity index (χ1) is 14.9. The molecule has 3 N–H and O–H groups in total. The molecule has 8 heteroatoms. The number of carboxylic acid groups (broad SMARTS) is 1. The molecule has 0 aliphatic rings. The first-order valence-electron chi connectivity index (χ1n) is 9.84. The Kier molecular flexibility index (Phi) is 9.22. The Morgan fingerprint density at radius 3 is 2.32 bits per heavy atom. The number of ether oxygens (including phenoxy) is 1. The molecule has 164 valence electrons. The number of carbonyl (C=O) groups excluding carboxylic acids is 3. The first-order valence-corrected chi connectivity index (χ1v) is 9.84. The van der Waals surface area contributed by atoms with E-state index in [1.54, 1.807) is 0 Å². The minimum Gasteiger partial charge on any atom is -0.481 e. The van der Waals surface area contributed by atoms with Crippen LogP contribution in [0.5, 0.6) is 0 Å². The summed E-state index contributed by atoms with van der Waals surface area (Å²) in [5.41, 5.74) is 3.04. The standard InChI is InChI=1S/C23H26N2O6/c1-31-23(30)20(25-22(29)19(24-15-26)10-11-21(27)28)14-18-9-5-8-17(13-18)12-16-6-3-2-4-7-16/h2-9,13,15,19-20H,10-12,14H2,1H3,(H,24,26)(H,25,29)(H,27,28)/t19-,20-/m0/s1. The molecule has 2 aromatic rings. The number of rotatable bonds is 12. The van der Waals surface area contributed by atoms with Gasteiger partial charge in [0.2, 0.25) is 12.3 Å². The summed E-state index contributed by atoms with van der Waals surface area (Å²) in [5.74, 6) is -2.38. The minimum atomic E-state index is -1.09. The number of esters is 1. The van der Waals surface area contributed by atoms with Gasteiger partial charge >= 0.3 is 11.9 Å². The van der Waals surface area contributed by atoms with Crippen LogP contribution in [0.2, 0.25) is 0 Å². The highest BCUT2D eigenvalue weighted by Crippen LogP contribution is 2.13.